The van der Waals surface area contributed by atoms with Gasteiger partial charge in [0.1, 0.15) is 5.82 Å². The summed E-state index contributed by atoms with van der Waals surface area (Å²) in [6.07, 6.45) is 1.48. The summed E-state index contributed by atoms with van der Waals surface area (Å²) in [5.41, 5.74) is 4.92. The fourth-order valence-electron chi connectivity index (χ4n) is 3.62. The van der Waals surface area contributed by atoms with Gasteiger partial charge in [-0.3, -0.25) is 9.59 Å². The van der Waals surface area contributed by atoms with Crippen LogP contribution in [0.25, 0.3) is 0 Å². The molecule has 190 valence electrons. The van der Waals surface area contributed by atoms with Gasteiger partial charge in [0.2, 0.25) is 6.41 Å². The first kappa shape index (κ1) is 27.7. The Morgan fingerprint density at radius 1 is 0.892 bits per heavy atom. The van der Waals surface area contributed by atoms with Crippen LogP contribution in [0.2, 0.25) is 0 Å². The minimum Gasteiger partial charge on any atom is -0.349 e. The van der Waals surface area contributed by atoms with Crippen molar-refractivity contribution >= 4 is 29.8 Å². The van der Waals surface area contributed by atoms with Crippen LogP contribution < -0.4 is 10.6 Å². The van der Waals surface area contributed by atoms with E-state index in [1.165, 1.54) is 40.3 Å². The van der Waals surface area contributed by atoms with E-state index in [-0.39, 0.29) is 17.8 Å². The molecule has 0 aliphatic rings. The van der Waals surface area contributed by atoms with Crippen LogP contribution in [-0.4, -0.2) is 18.4 Å². The lowest BCUT2D eigenvalue weighted by atomic mass is 10.1. The van der Waals surface area contributed by atoms with Crippen LogP contribution in [0.4, 0.5) is 10.1 Å². The van der Waals surface area contributed by atoms with Crippen LogP contribution in [0.15, 0.2) is 108 Å². The topological polar surface area (TPSA) is 58.2 Å². The van der Waals surface area contributed by atoms with E-state index in [0.717, 1.165) is 23.4 Å². The van der Waals surface area contributed by atoms with E-state index >= 15 is 0 Å². The number of nitrogens with one attached hydrogen (secondary N) is 2. The number of halogens is 1. The largest absolute Gasteiger partial charge is 0.349 e. The van der Waals surface area contributed by atoms with E-state index in [0.29, 0.717) is 12.0 Å². The number of benzene rings is 4. The van der Waals surface area contributed by atoms with Crippen molar-refractivity contribution in [2.45, 2.75) is 37.0 Å². The van der Waals surface area contributed by atoms with E-state index < -0.39 is 0 Å². The molecule has 0 spiro atoms. The third-order valence-electron chi connectivity index (χ3n) is 5.53. The van der Waals surface area contributed by atoms with Gasteiger partial charge in [0.25, 0.3) is 5.91 Å². The molecule has 0 aliphatic heterocycles. The predicted octanol–water partition coefficient (Wildman–Crippen LogP) is 7.04. The van der Waals surface area contributed by atoms with Crippen molar-refractivity contribution in [3.05, 3.63) is 131 Å². The molecular formula is C31H31FN2O2S. The molecule has 4 rings (SSSR count). The number of aryl methyl sites for hydroxylation is 1. The SMILES string of the molecule is CC(Cc1ccccc1)NC(=O)c1ccc(F)cc1.Cc1cc(SCc2ccccc2)ccc1NC=O. The van der Waals surface area contributed by atoms with Gasteiger partial charge < -0.3 is 10.6 Å². The monoisotopic (exact) mass is 514 g/mol. The number of hydrogen-bond donors (Lipinski definition) is 2. The number of rotatable bonds is 9. The van der Waals surface area contributed by atoms with E-state index in [9.17, 15) is 14.0 Å². The molecule has 6 heteroatoms. The molecule has 0 aliphatic carbocycles. The highest BCUT2D eigenvalue weighted by molar-refractivity contribution is 7.98. The van der Waals surface area contributed by atoms with Gasteiger partial charge in [-0.25, -0.2) is 4.39 Å². The molecule has 0 bridgehead atoms. The Morgan fingerprint density at radius 2 is 1.51 bits per heavy atom. The fourth-order valence-corrected chi connectivity index (χ4v) is 4.57. The molecule has 0 radical (unpaired) electrons. The van der Waals surface area contributed by atoms with Crippen molar-refractivity contribution < 1.29 is 14.0 Å². The van der Waals surface area contributed by atoms with Crippen molar-refractivity contribution in [3.63, 3.8) is 0 Å². The first-order valence-electron chi connectivity index (χ1n) is 12.0. The summed E-state index contributed by atoms with van der Waals surface area (Å²) in [4.78, 5) is 23.5. The van der Waals surface area contributed by atoms with Crippen molar-refractivity contribution in [1.82, 2.24) is 5.32 Å². The molecule has 4 aromatic carbocycles. The van der Waals surface area contributed by atoms with Crippen LogP contribution >= 0.6 is 11.8 Å². The average Bonchev–Trinajstić information content (AvgIpc) is 2.91. The molecule has 1 atom stereocenters. The summed E-state index contributed by atoms with van der Waals surface area (Å²) in [5, 5.41) is 5.59. The Bertz CT molecular complexity index is 1270. The zero-order valence-electron chi connectivity index (χ0n) is 21.0. The van der Waals surface area contributed by atoms with Crippen LogP contribution in [0.1, 0.15) is 34.0 Å². The lowest BCUT2D eigenvalue weighted by Gasteiger charge is -2.14. The van der Waals surface area contributed by atoms with Crippen LogP contribution in [0.5, 0.6) is 0 Å². The molecule has 2 N–H and O–H groups in total. The van der Waals surface area contributed by atoms with E-state index in [4.69, 9.17) is 0 Å². The Morgan fingerprint density at radius 3 is 2.11 bits per heavy atom. The van der Waals surface area contributed by atoms with E-state index in [1.54, 1.807) is 11.8 Å². The number of thioether (sulfide) groups is 1. The summed E-state index contributed by atoms with van der Waals surface area (Å²) < 4.78 is 12.8. The van der Waals surface area contributed by atoms with Crippen LogP contribution in [-0.2, 0) is 17.0 Å². The zero-order valence-corrected chi connectivity index (χ0v) is 21.8. The van der Waals surface area contributed by atoms with Crippen molar-refractivity contribution in [1.29, 1.82) is 0 Å². The summed E-state index contributed by atoms with van der Waals surface area (Å²) in [5.74, 6) is 0.443. The van der Waals surface area contributed by atoms with Gasteiger partial charge in [0.05, 0.1) is 0 Å². The quantitative estimate of drug-likeness (QED) is 0.186. The van der Waals surface area contributed by atoms with Crippen molar-refractivity contribution in [2.24, 2.45) is 0 Å². The van der Waals surface area contributed by atoms with Gasteiger partial charge >= 0.3 is 0 Å². The average molecular weight is 515 g/mol. The highest BCUT2D eigenvalue weighted by Gasteiger charge is 2.10. The lowest BCUT2D eigenvalue weighted by Crippen LogP contribution is -2.34. The van der Waals surface area contributed by atoms with Gasteiger partial charge in [-0.15, -0.1) is 11.8 Å². The Labute approximate surface area is 222 Å². The second-order valence-corrected chi connectivity index (χ2v) is 9.63. The minimum absolute atomic E-state index is 0.0277. The summed E-state index contributed by atoms with van der Waals surface area (Å²) >= 11 is 1.80. The van der Waals surface area contributed by atoms with E-state index in [2.05, 4.69) is 41.0 Å². The molecule has 0 heterocycles. The smallest absolute Gasteiger partial charge is 0.251 e. The van der Waals surface area contributed by atoms with Crippen molar-refractivity contribution in [3.8, 4) is 0 Å². The number of carbonyl (C=O) groups excluding carboxylic acids is 2. The summed E-state index contributed by atoms with van der Waals surface area (Å²) in [7, 11) is 0. The molecule has 4 nitrogen and oxygen atoms in total. The Hall–Kier alpha value is -3.90. The maximum absolute atomic E-state index is 12.8. The first-order valence-corrected chi connectivity index (χ1v) is 13.0. The zero-order chi connectivity index (χ0) is 26.5. The molecule has 0 fully saturated rings. The third-order valence-corrected chi connectivity index (χ3v) is 6.59. The Balaban J connectivity index is 0.000000206. The minimum atomic E-state index is -0.339. The highest BCUT2D eigenvalue weighted by Crippen LogP contribution is 2.26. The van der Waals surface area contributed by atoms with Gasteiger partial charge in [-0.2, -0.15) is 0 Å². The van der Waals surface area contributed by atoms with Crippen LogP contribution in [0, 0.1) is 12.7 Å². The summed E-state index contributed by atoms with van der Waals surface area (Å²) in [6.45, 7) is 3.95. The number of anilines is 1. The predicted molar refractivity (Wildman–Crippen MR) is 150 cm³/mol. The van der Waals surface area contributed by atoms with E-state index in [1.807, 2.05) is 62.4 Å². The number of amides is 2. The third kappa shape index (κ3) is 9.58. The number of carbonyl (C=O) groups is 2. The normalized spacial score (nSPS) is 11.0. The van der Waals surface area contributed by atoms with Gasteiger partial charge in [-0.1, -0.05) is 60.7 Å². The molecule has 2 amide bonds. The molecule has 0 saturated heterocycles. The fraction of sp³-hybridized carbons (Fsp3) is 0.161. The van der Waals surface area contributed by atoms with Crippen LogP contribution in [0.3, 0.4) is 0 Å². The molecule has 4 aromatic rings. The first-order chi connectivity index (χ1) is 17.9. The maximum Gasteiger partial charge on any atom is 0.251 e. The molecule has 0 saturated carbocycles. The van der Waals surface area contributed by atoms with Crippen molar-refractivity contribution in [2.75, 3.05) is 5.32 Å². The second-order valence-electron chi connectivity index (χ2n) is 8.58. The molecule has 37 heavy (non-hydrogen) atoms. The van der Waals surface area contributed by atoms with Gasteiger partial charge in [0.15, 0.2) is 0 Å². The standard InChI is InChI=1S/C16H16FNO.C15H15NOS/c1-12(11-13-5-3-2-4-6-13)18-16(19)14-7-9-15(17)10-8-14;1-12-9-14(7-8-15(12)16-11-17)18-10-13-5-3-2-4-6-13/h2-10,12H,11H2,1H3,(H,18,19);2-9,11H,10H2,1H3,(H,16,17). The van der Waals surface area contributed by atoms with Gasteiger partial charge in [-0.05, 0) is 79.4 Å². The highest BCUT2D eigenvalue weighted by atomic mass is 32.2. The maximum atomic E-state index is 12.8. The lowest BCUT2D eigenvalue weighted by molar-refractivity contribution is -0.105. The van der Waals surface area contributed by atoms with Gasteiger partial charge in [0, 0.05) is 27.9 Å². The molecule has 1 unspecified atom stereocenters. The summed E-state index contributed by atoms with van der Waals surface area (Å²) in [6, 6.07) is 32.0. The molecular weight excluding hydrogens is 483 g/mol. The second kappa shape index (κ2) is 14.6. The molecule has 0 aromatic heterocycles. The number of hydrogen-bond acceptors (Lipinski definition) is 3. The Kier molecular flexibility index (Phi) is 10.9.